The van der Waals surface area contributed by atoms with Gasteiger partial charge in [0.1, 0.15) is 11.5 Å². The van der Waals surface area contributed by atoms with E-state index in [9.17, 15) is 0 Å². The normalized spacial score (nSPS) is 10.5. The Labute approximate surface area is 114 Å². The van der Waals surface area contributed by atoms with Crippen molar-refractivity contribution in [2.45, 2.75) is 32.6 Å². The molecule has 4 heteroatoms. The summed E-state index contributed by atoms with van der Waals surface area (Å²) in [5.74, 6) is 1.57. The molecular weight excluding hydrogens is 250 g/mol. The predicted octanol–water partition coefficient (Wildman–Crippen LogP) is 3.34. The van der Waals surface area contributed by atoms with Gasteiger partial charge in [-0.05, 0) is 32.7 Å². The van der Waals surface area contributed by atoms with Crippen molar-refractivity contribution in [3.8, 4) is 11.5 Å². The van der Waals surface area contributed by atoms with E-state index in [-0.39, 0.29) is 0 Å². The first kappa shape index (κ1) is 15.1. The Balaban J connectivity index is 2.91. The Morgan fingerprint density at radius 2 is 1.78 bits per heavy atom. The molecular formula is C14H22ClNO2. The van der Waals surface area contributed by atoms with E-state index in [1.807, 2.05) is 13.0 Å². The Kier molecular flexibility index (Phi) is 6.30. The lowest BCUT2D eigenvalue weighted by atomic mass is 10.0. The van der Waals surface area contributed by atoms with Gasteiger partial charge in [0.2, 0.25) is 0 Å². The standard InChI is InChI=1S/C14H22ClNO2/c1-10-12(17-2)9-13(18-3)11(14(10)15)7-5-4-6-8-16/h9H,4-8,16H2,1-3H3. The van der Waals surface area contributed by atoms with Crippen LogP contribution in [0.1, 0.15) is 30.4 Å². The van der Waals surface area contributed by atoms with Gasteiger partial charge in [0.05, 0.1) is 19.2 Å². The lowest BCUT2D eigenvalue weighted by molar-refractivity contribution is 0.388. The van der Waals surface area contributed by atoms with Crippen molar-refractivity contribution in [2.75, 3.05) is 20.8 Å². The Morgan fingerprint density at radius 1 is 1.11 bits per heavy atom. The molecule has 0 fully saturated rings. The van der Waals surface area contributed by atoms with Crippen LogP contribution in [0.4, 0.5) is 0 Å². The third-order valence-electron chi connectivity index (χ3n) is 3.09. The summed E-state index contributed by atoms with van der Waals surface area (Å²) in [6.45, 7) is 2.70. The summed E-state index contributed by atoms with van der Waals surface area (Å²) >= 11 is 6.39. The molecule has 1 aromatic carbocycles. The van der Waals surface area contributed by atoms with E-state index in [0.717, 1.165) is 59.9 Å². The van der Waals surface area contributed by atoms with Crippen molar-refractivity contribution in [3.05, 3.63) is 22.2 Å². The van der Waals surface area contributed by atoms with E-state index in [0.29, 0.717) is 0 Å². The molecule has 0 aliphatic carbocycles. The summed E-state index contributed by atoms with van der Waals surface area (Å²) in [4.78, 5) is 0. The van der Waals surface area contributed by atoms with E-state index in [1.54, 1.807) is 14.2 Å². The van der Waals surface area contributed by atoms with Crippen LogP contribution in [-0.2, 0) is 6.42 Å². The van der Waals surface area contributed by atoms with Gasteiger partial charge in [-0.1, -0.05) is 18.0 Å². The lowest BCUT2D eigenvalue weighted by Gasteiger charge is -2.15. The fraction of sp³-hybridized carbons (Fsp3) is 0.571. The monoisotopic (exact) mass is 271 g/mol. The SMILES string of the molecule is COc1cc(OC)c(CCCCCN)c(Cl)c1C. The van der Waals surface area contributed by atoms with E-state index < -0.39 is 0 Å². The number of unbranched alkanes of at least 4 members (excludes halogenated alkanes) is 2. The molecule has 0 atom stereocenters. The Morgan fingerprint density at radius 3 is 2.33 bits per heavy atom. The molecule has 0 spiro atoms. The van der Waals surface area contributed by atoms with Gasteiger partial charge in [0, 0.05) is 17.2 Å². The van der Waals surface area contributed by atoms with Crippen molar-refractivity contribution >= 4 is 11.6 Å². The van der Waals surface area contributed by atoms with Gasteiger partial charge < -0.3 is 15.2 Å². The molecule has 0 aromatic heterocycles. The number of ether oxygens (including phenoxy) is 2. The number of methoxy groups -OCH3 is 2. The smallest absolute Gasteiger partial charge is 0.127 e. The van der Waals surface area contributed by atoms with Crippen LogP contribution in [0, 0.1) is 6.92 Å². The van der Waals surface area contributed by atoms with E-state index >= 15 is 0 Å². The molecule has 18 heavy (non-hydrogen) atoms. The zero-order chi connectivity index (χ0) is 13.5. The molecule has 0 saturated heterocycles. The van der Waals surface area contributed by atoms with E-state index in [4.69, 9.17) is 26.8 Å². The zero-order valence-electron chi connectivity index (χ0n) is 11.4. The van der Waals surface area contributed by atoms with Crippen molar-refractivity contribution in [1.29, 1.82) is 0 Å². The van der Waals surface area contributed by atoms with Gasteiger partial charge in [0.15, 0.2) is 0 Å². The molecule has 1 rings (SSSR count). The van der Waals surface area contributed by atoms with Crippen molar-refractivity contribution in [2.24, 2.45) is 5.73 Å². The first-order chi connectivity index (χ1) is 8.65. The van der Waals surface area contributed by atoms with E-state index in [2.05, 4.69) is 0 Å². The topological polar surface area (TPSA) is 44.5 Å². The molecule has 0 aliphatic heterocycles. The summed E-state index contributed by atoms with van der Waals surface area (Å²) in [5, 5.41) is 0.749. The van der Waals surface area contributed by atoms with Crippen LogP contribution in [0.3, 0.4) is 0 Å². The van der Waals surface area contributed by atoms with Gasteiger partial charge in [-0.2, -0.15) is 0 Å². The summed E-state index contributed by atoms with van der Waals surface area (Å²) in [6, 6.07) is 1.90. The van der Waals surface area contributed by atoms with Crippen LogP contribution in [0.2, 0.25) is 5.02 Å². The fourth-order valence-corrected chi connectivity index (χ4v) is 2.29. The number of hydrogen-bond donors (Lipinski definition) is 1. The molecule has 0 radical (unpaired) electrons. The molecule has 0 saturated carbocycles. The molecule has 0 unspecified atom stereocenters. The fourth-order valence-electron chi connectivity index (χ4n) is 2.01. The zero-order valence-corrected chi connectivity index (χ0v) is 12.1. The van der Waals surface area contributed by atoms with Gasteiger partial charge in [-0.3, -0.25) is 0 Å². The summed E-state index contributed by atoms with van der Waals surface area (Å²) in [5.41, 5.74) is 7.52. The molecule has 0 heterocycles. The maximum atomic E-state index is 6.39. The maximum absolute atomic E-state index is 6.39. The highest BCUT2D eigenvalue weighted by molar-refractivity contribution is 6.32. The summed E-state index contributed by atoms with van der Waals surface area (Å²) in [7, 11) is 3.29. The Hall–Kier alpha value is -0.930. The minimum Gasteiger partial charge on any atom is -0.496 e. The van der Waals surface area contributed by atoms with E-state index in [1.165, 1.54) is 0 Å². The van der Waals surface area contributed by atoms with Gasteiger partial charge >= 0.3 is 0 Å². The van der Waals surface area contributed by atoms with Crippen LogP contribution in [0.15, 0.2) is 6.07 Å². The minimum absolute atomic E-state index is 0.743. The van der Waals surface area contributed by atoms with Gasteiger partial charge in [-0.15, -0.1) is 0 Å². The second-order valence-corrected chi connectivity index (χ2v) is 4.68. The maximum Gasteiger partial charge on any atom is 0.127 e. The van der Waals surface area contributed by atoms with Crippen LogP contribution < -0.4 is 15.2 Å². The third-order valence-corrected chi connectivity index (χ3v) is 3.61. The van der Waals surface area contributed by atoms with Crippen molar-refractivity contribution < 1.29 is 9.47 Å². The Bertz CT molecular complexity index is 394. The highest BCUT2D eigenvalue weighted by Gasteiger charge is 2.14. The minimum atomic E-state index is 0.743. The lowest BCUT2D eigenvalue weighted by Crippen LogP contribution is -2.00. The molecule has 2 N–H and O–H groups in total. The van der Waals surface area contributed by atoms with Crippen molar-refractivity contribution in [3.63, 3.8) is 0 Å². The summed E-state index contributed by atoms with van der Waals surface area (Å²) in [6.07, 6.45) is 4.14. The highest BCUT2D eigenvalue weighted by atomic mass is 35.5. The molecule has 102 valence electrons. The first-order valence-corrected chi connectivity index (χ1v) is 6.63. The molecule has 1 aromatic rings. The average molecular weight is 272 g/mol. The van der Waals surface area contributed by atoms with Gasteiger partial charge in [-0.25, -0.2) is 0 Å². The van der Waals surface area contributed by atoms with Crippen molar-refractivity contribution in [1.82, 2.24) is 0 Å². The average Bonchev–Trinajstić information content (AvgIpc) is 2.39. The molecule has 0 bridgehead atoms. The second-order valence-electron chi connectivity index (χ2n) is 4.30. The highest BCUT2D eigenvalue weighted by Crippen LogP contribution is 2.37. The quantitative estimate of drug-likeness (QED) is 0.774. The molecule has 3 nitrogen and oxygen atoms in total. The van der Waals surface area contributed by atoms with Crippen LogP contribution >= 0.6 is 11.6 Å². The molecule has 0 amide bonds. The largest absolute Gasteiger partial charge is 0.496 e. The summed E-state index contributed by atoms with van der Waals surface area (Å²) < 4.78 is 10.7. The van der Waals surface area contributed by atoms with Crippen LogP contribution in [-0.4, -0.2) is 20.8 Å². The first-order valence-electron chi connectivity index (χ1n) is 6.25. The third kappa shape index (κ3) is 3.53. The number of benzene rings is 1. The number of nitrogens with two attached hydrogens (primary N) is 1. The van der Waals surface area contributed by atoms with Crippen LogP contribution in [0.25, 0.3) is 0 Å². The number of rotatable bonds is 7. The number of hydrogen-bond acceptors (Lipinski definition) is 3. The second kappa shape index (κ2) is 7.49. The van der Waals surface area contributed by atoms with Crippen LogP contribution in [0.5, 0.6) is 11.5 Å². The predicted molar refractivity (Wildman–Crippen MR) is 75.9 cm³/mol. The van der Waals surface area contributed by atoms with Gasteiger partial charge in [0.25, 0.3) is 0 Å². The molecule has 0 aliphatic rings. The number of halogens is 1.